The van der Waals surface area contributed by atoms with E-state index in [-0.39, 0.29) is 35.8 Å². The van der Waals surface area contributed by atoms with Crippen molar-refractivity contribution in [3.05, 3.63) is 45.6 Å². The average molecular weight is 449 g/mol. The SMILES string of the molecule is CN(C)S(=O)(=O)N1CCN([n+]2cc(=N)o[n-]2)C(C(=O)c2ccc(Cl)cc2Cl)C1. The van der Waals surface area contributed by atoms with Gasteiger partial charge in [-0.05, 0) is 23.5 Å². The molecule has 1 aliphatic heterocycles. The molecule has 1 aliphatic rings. The molecule has 1 atom stereocenters. The Bertz CT molecular complexity index is 1050. The molecule has 152 valence electrons. The van der Waals surface area contributed by atoms with Crippen molar-refractivity contribution in [3.63, 3.8) is 0 Å². The first-order valence-electron chi connectivity index (χ1n) is 8.15. The van der Waals surface area contributed by atoms with E-state index in [9.17, 15) is 13.2 Å². The lowest BCUT2D eigenvalue weighted by Gasteiger charge is -2.41. The van der Waals surface area contributed by atoms with Gasteiger partial charge in [-0.2, -0.15) is 17.0 Å². The number of carbonyl (C=O) groups is 1. The molecular weight excluding hydrogens is 431 g/mol. The molecule has 1 unspecified atom stereocenters. The maximum Gasteiger partial charge on any atom is 0.286 e. The molecule has 2 aromatic rings. The summed E-state index contributed by atoms with van der Waals surface area (Å²) in [6.45, 7) is 0.169. The van der Waals surface area contributed by atoms with Gasteiger partial charge in [0.1, 0.15) is 0 Å². The molecule has 0 spiro atoms. The monoisotopic (exact) mass is 448 g/mol. The van der Waals surface area contributed by atoms with E-state index in [0.717, 1.165) is 4.31 Å². The third-order valence-electron chi connectivity index (χ3n) is 4.32. The summed E-state index contributed by atoms with van der Waals surface area (Å²) in [4.78, 5) is 14.5. The maximum absolute atomic E-state index is 13.2. The van der Waals surface area contributed by atoms with Gasteiger partial charge < -0.3 is 4.52 Å². The Kier molecular flexibility index (Phi) is 5.82. The number of halogens is 2. The van der Waals surface area contributed by atoms with Crippen LogP contribution in [0.15, 0.2) is 28.9 Å². The highest BCUT2D eigenvalue weighted by Crippen LogP contribution is 2.24. The van der Waals surface area contributed by atoms with Gasteiger partial charge in [0.05, 0.1) is 11.1 Å². The Balaban J connectivity index is 2.01. The summed E-state index contributed by atoms with van der Waals surface area (Å²) in [5, 5.41) is 13.3. The van der Waals surface area contributed by atoms with E-state index < -0.39 is 22.0 Å². The number of nitrogens with one attached hydrogen (secondary N) is 1. The van der Waals surface area contributed by atoms with Crippen molar-refractivity contribution in [2.24, 2.45) is 0 Å². The van der Waals surface area contributed by atoms with Crippen molar-refractivity contribution in [1.82, 2.24) is 13.9 Å². The number of ketones is 1. The molecule has 0 saturated carbocycles. The van der Waals surface area contributed by atoms with Crippen LogP contribution in [0.25, 0.3) is 0 Å². The molecule has 1 fully saturated rings. The number of benzene rings is 1. The summed E-state index contributed by atoms with van der Waals surface area (Å²) in [7, 11) is -0.874. The van der Waals surface area contributed by atoms with E-state index in [2.05, 4.69) is 5.27 Å². The summed E-state index contributed by atoms with van der Waals surface area (Å²) in [5.41, 5.74) is 0.0134. The van der Waals surface area contributed by atoms with Gasteiger partial charge >= 0.3 is 0 Å². The molecule has 1 saturated heterocycles. The molecular formula is C15H18Cl2N6O4S. The number of Topliss-reactive ketones (excluding diaryl/α,β-unsaturated/α-hetero) is 1. The standard InChI is InChI=1S/C15H18Cl2N6O4S/c1-20(2)28(25,26)21-5-6-22(23-9-14(18)27-19-23)13(8-21)15(24)11-4-3-10(16)7-12(11)17/h3-4,7,9,13,18H,5-6,8H2,1-2H3. The molecule has 1 N–H and O–H groups in total. The van der Waals surface area contributed by atoms with Crippen LogP contribution in [0.1, 0.15) is 10.4 Å². The lowest BCUT2D eigenvalue weighted by Crippen LogP contribution is -2.73. The van der Waals surface area contributed by atoms with E-state index in [0.29, 0.717) is 5.02 Å². The minimum atomic E-state index is -3.72. The zero-order chi connectivity index (χ0) is 20.6. The summed E-state index contributed by atoms with van der Waals surface area (Å²) >= 11 is 12.1. The van der Waals surface area contributed by atoms with Gasteiger partial charge in [-0.3, -0.25) is 15.2 Å². The van der Waals surface area contributed by atoms with Crippen LogP contribution in [-0.2, 0) is 10.2 Å². The first-order valence-corrected chi connectivity index (χ1v) is 10.3. The van der Waals surface area contributed by atoms with Crippen molar-refractivity contribution < 1.29 is 22.5 Å². The number of aromatic nitrogens is 2. The van der Waals surface area contributed by atoms with E-state index in [1.807, 2.05) is 0 Å². The Morgan fingerprint density at radius 1 is 1.36 bits per heavy atom. The van der Waals surface area contributed by atoms with Crippen LogP contribution in [0.5, 0.6) is 0 Å². The van der Waals surface area contributed by atoms with Crippen LogP contribution in [0.2, 0.25) is 10.0 Å². The summed E-state index contributed by atoms with van der Waals surface area (Å²) < 4.78 is 32.2. The second-order valence-electron chi connectivity index (χ2n) is 6.30. The molecule has 0 radical (unpaired) electrons. The van der Waals surface area contributed by atoms with Crippen LogP contribution in [-0.4, -0.2) is 62.6 Å². The van der Waals surface area contributed by atoms with E-state index in [1.54, 1.807) is 0 Å². The van der Waals surface area contributed by atoms with Crippen LogP contribution >= 0.6 is 23.2 Å². The summed E-state index contributed by atoms with van der Waals surface area (Å²) in [6.07, 6.45) is 1.29. The average Bonchev–Trinajstić information content (AvgIpc) is 3.06. The first-order chi connectivity index (χ1) is 13.1. The second kappa shape index (κ2) is 7.84. The Hall–Kier alpha value is -1.92. The molecule has 0 amide bonds. The highest BCUT2D eigenvalue weighted by molar-refractivity contribution is 7.86. The molecule has 0 bridgehead atoms. The Morgan fingerprint density at radius 2 is 2.07 bits per heavy atom. The van der Waals surface area contributed by atoms with Crippen molar-refractivity contribution >= 4 is 39.2 Å². The number of hydrogen-bond acceptors (Lipinski definition) is 6. The Morgan fingerprint density at radius 3 is 2.64 bits per heavy atom. The molecule has 2 heterocycles. The number of hydrogen-bond donors (Lipinski definition) is 1. The van der Waals surface area contributed by atoms with Gasteiger partial charge in [0.25, 0.3) is 22.0 Å². The van der Waals surface area contributed by atoms with Gasteiger partial charge in [-0.1, -0.05) is 28.0 Å². The normalized spacial score (nSPS) is 18.6. The molecule has 1 aromatic carbocycles. The van der Waals surface area contributed by atoms with Gasteiger partial charge in [0.2, 0.25) is 0 Å². The summed E-state index contributed by atoms with van der Waals surface area (Å²) in [5.74, 6) is -0.401. The van der Waals surface area contributed by atoms with Crippen molar-refractivity contribution in [1.29, 1.82) is 5.41 Å². The molecule has 3 rings (SSSR count). The quantitative estimate of drug-likeness (QED) is 0.492. The zero-order valence-corrected chi connectivity index (χ0v) is 17.4. The van der Waals surface area contributed by atoms with Crippen molar-refractivity contribution in [2.75, 3.05) is 38.7 Å². The lowest BCUT2D eigenvalue weighted by molar-refractivity contribution is -0.766. The lowest BCUT2D eigenvalue weighted by atomic mass is 10.0. The van der Waals surface area contributed by atoms with E-state index in [4.69, 9.17) is 33.1 Å². The molecule has 10 nitrogen and oxygen atoms in total. The molecule has 0 aliphatic carbocycles. The van der Waals surface area contributed by atoms with Gasteiger partial charge in [0, 0.05) is 44.3 Å². The predicted octanol–water partition coefficient (Wildman–Crippen LogP) is -0.378. The van der Waals surface area contributed by atoms with Gasteiger partial charge in [-0.25, -0.2) is 0 Å². The predicted molar refractivity (Wildman–Crippen MR) is 99.9 cm³/mol. The van der Waals surface area contributed by atoms with Crippen molar-refractivity contribution in [3.8, 4) is 0 Å². The van der Waals surface area contributed by atoms with Crippen LogP contribution in [0, 0.1) is 5.41 Å². The second-order valence-corrected chi connectivity index (χ2v) is 9.29. The Labute approximate surface area is 171 Å². The number of piperazine rings is 1. The summed E-state index contributed by atoms with van der Waals surface area (Å²) in [6, 6.07) is 3.54. The fourth-order valence-electron chi connectivity index (χ4n) is 2.88. The van der Waals surface area contributed by atoms with E-state index >= 15 is 0 Å². The van der Waals surface area contributed by atoms with E-state index in [1.165, 1.54) is 52.6 Å². The number of nitrogens with zero attached hydrogens (tertiary/aromatic N) is 5. The van der Waals surface area contributed by atoms with Gasteiger partial charge in [-0.15, -0.1) is 0 Å². The molecule has 28 heavy (non-hydrogen) atoms. The first kappa shape index (κ1) is 20.8. The highest BCUT2D eigenvalue weighted by Gasteiger charge is 2.39. The van der Waals surface area contributed by atoms with Crippen LogP contribution < -0.4 is 20.6 Å². The largest absolute Gasteiger partial charge is 0.380 e. The molecule has 1 aromatic heterocycles. The minimum absolute atomic E-state index is 0.120. The maximum atomic E-state index is 13.2. The zero-order valence-electron chi connectivity index (χ0n) is 15.0. The smallest absolute Gasteiger partial charge is 0.286 e. The van der Waals surface area contributed by atoms with Crippen LogP contribution in [0.4, 0.5) is 0 Å². The highest BCUT2D eigenvalue weighted by atomic mass is 35.5. The van der Waals surface area contributed by atoms with Gasteiger partial charge in [0.15, 0.2) is 5.78 Å². The van der Waals surface area contributed by atoms with Crippen molar-refractivity contribution in [2.45, 2.75) is 6.04 Å². The number of rotatable bonds is 5. The fourth-order valence-corrected chi connectivity index (χ4v) is 4.49. The number of carbonyl (C=O) groups excluding carboxylic acids is 1. The third kappa shape index (κ3) is 3.94. The third-order valence-corrected chi connectivity index (χ3v) is 6.78. The fraction of sp³-hybridized carbons (Fsp3) is 0.400. The van der Waals surface area contributed by atoms with Crippen LogP contribution in [0.3, 0.4) is 0 Å². The minimum Gasteiger partial charge on any atom is -0.380 e. The molecule has 13 heteroatoms. The topological polar surface area (TPSA) is 116 Å².